The van der Waals surface area contributed by atoms with Gasteiger partial charge < -0.3 is 10.6 Å². The van der Waals surface area contributed by atoms with Gasteiger partial charge in [0.25, 0.3) is 0 Å². The van der Waals surface area contributed by atoms with Gasteiger partial charge in [0.2, 0.25) is 0 Å². The first-order valence-electron chi connectivity index (χ1n) is 6.13. The molecule has 0 bridgehead atoms. The van der Waals surface area contributed by atoms with Crippen LogP contribution in [0, 0.1) is 11.3 Å². The maximum Gasteiger partial charge on any atom is 0.00349 e. The minimum Gasteiger partial charge on any atom is -0.330 e. The summed E-state index contributed by atoms with van der Waals surface area (Å²) in [5.41, 5.74) is 6.42. The molecule has 1 aliphatic heterocycles. The molecule has 2 heteroatoms. The van der Waals surface area contributed by atoms with Crippen molar-refractivity contribution in [2.75, 3.05) is 26.7 Å². The van der Waals surface area contributed by atoms with Crippen LogP contribution in [-0.2, 0) is 0 Å². The van der Waals surface area contributed by atoms with Gasteiger partial charge >= 0.3 is 0 Å². The summed E-state index contributed by atoms with van der Waals surface area (Å²) in [6.07, 6.45) is 8.49. The lowest BCUT2D eigenvalue weighted by Crippen LogP contribution is -2.43. The van der Waals surface area contributed by atoms with Crippen LogP contribution in [0.2, 0.25) is 0 Å². The molecule has 0 amide bonds. The lowest BCUT2D eigenvalue weighted by Gasteiger charge is -2.45. The fourth-order valence-electron chi connectivity index (χ4n) is 3.39. The monoisotopic (exact) mass is 196 g/mol. The van der Waals surface area contributed by atoms with Crippen molar-refractivity contribution in [3.63, 3.8) is 0 Å². The minimum atomic E-state index is 0.679. The van der Waals surface area contributed by atoms with Crippen LogP contribution in [0.5, 0.6) is 0 Å². The van der Waals surface area contributed by atoms with Gasteiger partial charge in [0.1, 0.15) is 0 Å². The van der Waals surface area contributed by atoms with Gasteiger partial charge in [0.15, 0.2) is 0 Å². The number of piperidine rings is 1. The third-order valence-electron chi connectivity index (χ3n) is 4.35. The average Bonchev–Trinajstić information content (AvgIpc) is 2.19. The predicted octanol–water partition coefficient (Wildman–Crippen LogP) is 1.85. The molecular formula is C12H24N2. The van der Waals surface area contributed by atoms with Crippen molar-refractivity contribution >= 4 is 0 Å². The van der Waals surface area contributed by atoms with Gasteiger partial charge in [0, 0.05) is 6.54 Å². The van der Waals surface area contributed by atoms with Crippen LogP contribution in [0.3, 0.4) is 0 Å². The fourth-order valence-corrected chi connectivity index (χ4v) is 3.39. The molecule has 0 atom stereocenters. The van der Waals surface area contributed by atoms with Gasteiger partial charge in [-0.3, -0.25) is 0 Å². The zero-order chi connectivity index (χ0) is 10.0. The molecule has 14 heavy (non-hydrogen) atoms. The summed E-state index contributed by atoms with van der Waals surface area (Å²) in [5, 5.41) is 0. The van der Waals surface area contributed by atoms with Crippen LogP contribution in [0.1, 0.15) is 38.5 Å². The Morgan fingerprint density at radius 3 is 2.57 bits per heavy atom. The minimum absolute atomic E-state index is 0.679. The van der Waals surface area contributed by atoms with Crippen molar-refractivity contribution in [2.24, 2.45) is 17.1 Å². The standard InChI is InChI=1S/C12H24N2/c1-14-8-2-5-12(10-14)6-3-11(9-13)4-7-12/h11H,2-10,13H2,1H3. The van der Waals surface area contributed by atoms with Crippen molar-refractivity contribution in [1.82, 2.24) is 4.90 Å². The molecule has 2 N–H and O–H groups in total. The van der Waals surface area contributed by atoms with E-state index in [0.29, 0.717) is 5.41 Å². The maximum absolute atomic E-state index is 5.74. The third-order valence-corrected chi connectivity index (χ3v) is 4.35. The van der Waals surface area contributed by atoms with E-state index in [2.05, 4.69) is 11.9 Å². The predicted molar refractivity (Wildman–Crippen MR) is 60.2 cm³/mol. The Labute approximate surface area is 87.8 Å². The summed E-state index contributed by atoms with van der Waals surface area (Å²) in [6.45, 7) is 3.55. The van der Waals surface area contributed by atoms with Gasteiger partial charge in [0.05, 0.1) is 0 Å². The molecule has 2 aliphatic rings. The Morgan fingerprint density at radius 2 is 2.00 bits per heavy atom. The summed E-state index contributed by atoms with van der Waals surface area (Å²) in [7, 11) is 2.27. The quantitative estimate of drug-likeness (QED) is 0.693. The smallest absolute Gasteiger partial charge is 0.00349 e. The number of likely N-dealkylation sites (tertiary alicyclic amines) is 1. The van der Waals surface area contributed by atoms with Crippen LogP contribution in [0.25, 0.3) is 0 Å². The summed E-state index contributed by atoms with van der Waals surface area (Å²) in [5.74, 6) is 0.827. The van der Waals surface area contributed by atoms with Crippen molar-refractivity contribution in [3.8, 4) is 0 Å². The highest BCUT2D eigenvalue weighted by atomic mass is 15.1. The summed E-state index contributed by atoms with van der Waals surface area (Å²) >= 11 is 0. The first-order valence-corrected chi connectivity index (χ1v) is 6.13. The van der Waals surface area contributed by atoms with Gasteiger partial charge in [-0.15, -0.1) is 0 Å². The zero-order valence-electron chi connectivity index (χ0n) is 9.47. The van der Waals surface area contributed by atoms with Gasteiger partial charge in [-0.25, -0.2) is 0 Å². The Morgan fingerprint density at radius 1 is 1.29 bits per heavy atom. The van der Waals surface area contributed by atoms with E-state index in [-0.39, 0.29) is 0 Å². The molecule has 1 saturated carbocycles. The van der Waals surface area contributed by atoms with E-state index >= 15 is 0 Å². The van der Waals surface area contributed by atoms with E-state index in [1.54, 1.807) is 0 Å². The molecule has 0 radical (unpaired) electrons. The summed E-state index contributed by atoms with van der Waals surface area (Å²) < 4.78 is 0. The highest BCUT2D eigenvalue weighted by Crippen LogP contribution is 2.44. The van der Waals surface area contributed by atoms with E-state index in [0.717, 1.165) is 12.5 Å². The van der Waals surface area contributed by atoms with Crippen LogP contribution < -0.4 is 5.73 Å². The van der Waals surface area contributed by atoms with Crippen molar-refractivity contribution in [1.29, 1.82) is 0 Å². The van der Waals surface area contributed by atoms with Gasteiger partial charge in [-0.1, -0.05) is 0 Å². The van der Waals surface area contributed by atoms with Crippen LogP contribution in [0.15, 0.2) is 0 Å². The van der Waals surface area contributed by atoms with E-state index in [9.17, 15) is 0 Å². The molecule has 82 valence electrons. The SMILES string of the molecule is CN1CCCC2(CCC(CN)CC2)C1. The van der Waals surface area contributed by atoms with E-state index in [4.69, 9.17) is 5.73 Å². The fraction of sp³-hybridized carbons (Fsp3) is 1.00. The average molecular weight is 196 g/mol. The highest BCUT2D eigenvalue weighted by Gasteiger charge is 2.37. The molecular weight excluding hydrogens is 172 g/mol. The molecule has 1 aliphatic carbocycles. The van der Waals surface area contributed by atoms with Crippen LogP contribution in [-0.4, -0.2) is 31.6 Å². The number of nitrogens with two attached hydrogens (primary N) is 1. The third kappa shape index (κ3) is 2.12. The van der Waals surface area contributed by atoms with E-state index in [1.165, 1.54) is 51.6 Å². The lowest BCUT2D eigenvalue weighted by atomic mass is 9.66. The summed E-state index contributed by atoms with van der Waals surface area (Å²) in [4.78, 5) is 2.52. The van der Waals surface area contributed by atoms with Crippen molar-refractivity contribution in [2.45, 2.75) is 38.5 Å². The van der Waals surface area contributed by atoms with E-state index < -0.39 is 0 Å². The molecule has 1 saturated heterocycles. The van der Waals surface area contributed by atoms with Crippen LogP contribution >= 0.6 is 0 Å². The number of nitrogens with zero attached hydrogens (tertiary/aromatic N) is 1. The molecule has 0 unspecified atom stereocenters. The Kier molecular flexibility index (Phi) is 3.13. The molecule has 0 aromatic heterocycles. The number of rotatable bonds is 1. The molecule has 1 heterocycles. The second-order valence-electron chi connectivity index (χ2n) is 5.52. The normalized spacial score (nSPS) is 40.3. The topological polar surface area (TPSA) is 29.3 Å². The second kappa shape index (κ2) is 4.19. The van der Waals surface area contributed by atoms with Crippen molar-refractivity contribution in [3.05, 3.63) is 0 Å². The van der Waals surface area contributed by atoms with Gasteiger partial charge in [-0.05, 0) is 70.0 Å². The second-order valence-corrected chi connectivity index (χ2v) is 5.52. The molecule has 2 fully saturated rings. The van der Waals surface area contributed by atoms with E-state index in [1.807, 2.05) is 0 Å². The Bertz CT molecular complexity index is 183. The maximum atomic E-state index is 5.74. The first-order chi connectivity index (χ1) is 6.74. The van der Waals surface area contributed by atoms with Crippen LogP contribution in [0.4, 0.5) is 0 Å². The first kappa shape index (κ1) is 10.4. The molecule has 0 aromatic rings. The highest BCUT2D eigenvalue weighted by molar-refractivity contribution is 4.90. The number of hydrogen-bond acceptors (Lipinski definition) is 2. The molecule has 0 aromatic carbocycles. The number of hydrogen-bond donors (Lipinski definition) is 1. The van der Waals surface area contributed by atoms with Crippen molar-refractivity contribution < 1.29 is 0 Å². The lowest BCUT2D eigenvalue weighted by molar-refractivity contribution is 0.0536. The largest absolute Gasteiger partial charge is 0.330 e. The Balaban J connectivity index is 1.91. The molecule has 1 spiro atoms. The molecule has 2 rings (SSSR count). The van der Waals surface area contributed by atoms with Gasteiger partial charge in [-0.2, -0.15) is 0 Å². The summed E-state index contributed by atoms with van der Waals surface area (Å²) in [6, 6.07) is 0. The molecule has 2 nitrogen and oxygen atoms in total. The Hall–Kier alpha value is -0.0800. The zero-order valence-corrected chi connectivity index (χ0v) is 9.47.